The Morgan fingerprint density at radius 1 is 1.14 bits per heavy atom. The van der Waals surface area contributed by atoms with Crippen LogP contribution in [0.2, 0.25) is 5.02 Å². The molecule has 0 radical (unpaired) electrons. The first kappa shape index (κ1) is 16.4. The van der Waals surface area contributed by atoms with E-state index in [-0.39, 0.29) is 17.1 Å². The van der Waals surface area contributed by atoms with Gasteiger partial charge in [0.25, 0.3) is 0 Å². The second kappa shape index (κ2) is 6.40. The number of hydrogen-bond donors (Lipinski definition) is 1. The standard InChI is InChI=1S/C16H13ClF3NO/c1-10-2-4-11(5-3-10)8-15(22)21-14-7-6-12(17)9-13(14)16(18,19)20/h2-7,9H,8H2,1H3,(H,21,22). The highest BCUT2D eigenvalue weighted by atomic mass is 35.5. The molecule has 0 fully saturated rings. The van der Waals surface area contributed by atoms with Gasteiger partial charge in [-0.15, -0.1) is 0 Å². The van der Waals surface area contributed by atoms with Gasteiger partial charge >= 0.3 is 6.18 Å². The molecule has 2 aromatic carbocycles. The third-order valence-electron chi connectivity index (χ3n) is 3.05. The lowest BCUT2D eigenvalue weighted by molar-refractivity contribution is -0.137. The third kappa shape index (κ3) is 4.24. The number of amides is 1. The predicted molar refractivity (Wildman–Crippen MR) is 80.0 cm³/mol. The molecule has 0 unspecified atom stereocenters. The fourth-order valence-corrected chi connectivity index (χ4v) is 2.12. The number of halogens is 4. The van der Waals surface area contributed by atoms with E-state index < -0.39 is 17.6 Å². The van der Waals surface area contributed by atoms with Crippen LogP contribution in [0, 0.1) is 6.92 Å². The van der Waals surface area contributed by atoms with E-state index in [9.17, 15) is 18.0 Å². The Morgan fingerprint density at radius 2 is 1.77 bits per heavy atom. The highest BCUT2D eigenvalue weighted by Gasteiger charge is 2.34. The quantitative estimate of drug-likeness (QED) is 0.858. The van der Waals surface area contributed by atoms with E-state index >= 15 is 0 Å². The van der Waals surface area contributed by atoms with Crippen LogP contribution in [0.15, 0.2) is 42.5 Å². The molecule has 0 saturated heterocycles. The number of carbonyl (C=O) groups is 1. The Bertz CT molecular complexity index is 681. The van der Waals surface area contributed by atoms with Crippen LogP contribution >= 0.6 is 11.6 Å². The number of aryl methyl sites for hydroxylation is 1. The Labute approximate surface area is 130 Å². The molecule has 0 heterocycles. The maximum atomic E-state index is 12.9. The van der Waals surface area contributed by atoms with E-state index in [0.29, 0.717) is 0 Å². The first-order valence-electron chi connectivity index (χ1n) is 6.48. The minimum Gasteiger partial charge on any atom is -0.325 e. The van der Waals surface area contributed by atoms with Gasteiger partial charge in [-0.1, -0.05) is 41.4 Å². The second-order valence-electron chi connectivity index (χ2n) is 4.90. The first-order chi connectivity index (χ1) is 10.3. The SMILES string of the molecule is Cc1ccc(CC(=O)Nc2ccc(Cl)cc2C(F)(F)F)cc1. The van der Waals surface area contributed by atoms with Crippen molar-refractivity contribution in [1.29, 1.82) is 0 Å². The molecular formula is C16H13ClF3NO. The highest BCUT2D eigenvalue weighted by molar-refractivity contribution is 6.30. The molecule has 0 bridgehead atoms. The largest absolute Gasteiger partial charge is 0.418 e. The molecule has 0 aromatic heterocycles. The number of benzene rings is 2. The molecule has 1 amide bonds. The average molecular weight is 328 g/mol. The van der Waals surface area contributed by atoms with E-state index in [2.05, 4.69) is 5.32 Å². The topological polar surface area (TPSA) is 29.1 Å². The number of nitrogens with one attached hydrogen (secondary N) is 1. The normalized spacial score (nSPS) is 11.3. The van der Waals surface area contributed by atoms with Crippen molar-refractivity contribution in [2.24, 2.45) is 0 Å². The van der Waals surface area contributed by atoms with Gasteiger partial charge < -0.3 is 5.32 Å². The number of anilines is 1. The lowest BCUT2D eigenvalue weighted by Crippen LogP contribution is -2.18. The smallest absolute Gasteiger partial charge is 0.325 e. The molecular weight excluding hydrogens is 315 g/mol. The molecule has 6 heteroatoms. The van der Waals surface area contributed by atoms with Gasteiger partial charge in [0, 0.05) is 5.02 Å². The maximum absolute atomic E-state index is 12.9. The summed E-state index contributed by atoms with van der Waals surface area (Å²) in [6.45, 7) is 1.91. The lowest BCUT2D eigenvalue weighted by atomic mass is 10.1. The van der Waals surface area contributed by atoms with Gasteiger partial charge in [-0.2, -0.15) is 13.2 Å². The molecule has 0 atom stereocenters. The molecule has 0 aliphatic heterocycles. The molecule has 0 aliphatic rings. The van der Waals surface area contributed by atoms with E-state index in [1.165, 1.54) is 6.07 Å². The highest BCUT2D eigenvalue weighted by Crippen LogP contribution is 2.36. The second-order valence-corrected chi connectivity index (χ2v) is 5.33. The maximum Gasteiger partial charge on any atom is 0.418 e. The summed E-state index contributed by atoms with van der Waals surface area (Å²) < 4.78 is 38.8. The molecule has 116 valence electrons. The lowest BCUT2D eigenvalue weighted by Gasteiger charge is -2.14. The predicted octanol–water partition coefficient (Wildman–Crippen LogP) is 4.85. The van der Waals surface area contributed by atoms with Gasteiger partial charge in [0.1, 0.15) is 0 Å². The van der Waals surface area contributed by atoms with Crippen LogP contribution in [0.1, 0.15) is 16.7 Å². The molecule has 2 nitrogen and oxygen atoms in total. The van der Waals surface area contributed by atoms with Crippen molar-refractivity contribution in [2.75, 3.05) is 5.32 Å². The molecule has 2 aromatic rings. The van der Waals surface area contributed by atoms with Gasteiger partial charge in [0.15, 0.2) is 0 Å². The van der Waals surface area contributed by atoms with Crippen molar-refractivity contribution in [3.8, 4) is 0 Å². The van der Waals surface area contributed by atoms with Crippen LogP contribution in [0.3, 0.4) is 0 Å². The van der Waals surface area contributed by atoms with Crippen molar-refractivity contribution < 1.29 is 18.0 Å². The van der Waals surface area contributed by atoms with Crippen LogP contribution in [-0.4, -0.2) is 5.91 Å². The summed E-state index contributed by atoms with van der Waals surface area (Å²) >= 11 is 5.59. The minimum absolute atomic E-state index is 0.000202. The Kier molecular flexibility index (Phi) is 4.76. The van der Waals surface area contributed by atoms with Crippen molar-refractivity contribution in [3.05, 3.63) is 64.2 Å². The van der Waals surface area contributed by atoms with Gasteiger partial charge in [-0.05, 0) is 30.7 Å². The summed E-state index contributed by atoms with van der Waals surface area (Å²) in [4.78, 5) is 11.9. The van der Waals surface area contributed by atoms with Gasteiger partial charge in [0.2, 0.25) is 5.91 Å². The van der Waals surface area contributed by atoms with Crippen molar-refractivity contribution >= 4 is 23.2 Å². The number of carbonyl (C=O) groups excluding carboxylic acids is 1. The zero-order chi connectivity index (χ0) is 16.3. The Balaban J connectivity index is 2.16. The van der Waals surface area contributed by atoms with E-state index in [4.69, 9.17) is 11.6 Å². The summed E-state index contributed by atoms with van der Waals surface area (Å²) in [6, 6.07) is 10.5. The average Bonchev–Trinajstić information content (AvgIpc) is 2.42. The van der Waals surface area contributed by atoms with E-state index in [1.54, 1.807) is 12.1 Å². The van der Waals surface area contributed by atoms with E-state index in [0.717, 1.165) is 23.3 Å². The van der Waals surface area contributed by atoms with E-state index in [1.807, 2.05) is 19.1 Å². The van der Waals surface area contributed by atoms with Gasteiger partial charge in [-0.3, -0.25) is 4.79 Å². The van der Waals surface area contributed by atoms with Gasteiger partial charge in [0.05, 0.1) is 17.7 Å². The summed E-state index contributed by atoms with van der Waals surface area (Å²) in [5.41, 5.74) is 0.512. The summed E-state index contributed by atoms with van der Waals surface area (Å²) in [5, 5.41) is 2.25. The fourth-order valence-electron chi connectivity index (χ4n) is 1.95. The summed E-state index contributed by atoms with van der Waals surface area (Å²) in [7, 11) is 0. The molecule has 0 saturated carbocycles. The van der Waals surface area contributed by atoms with Crippen molar-refractivity contribution in [2.45, 2.75) is 19.5 Å². The number of hydrogen-bond acceptors (Lipinski definition) is 1. The minimum atomic E-state index is -4.59. The Morgan fingerprint density at radius 3 is 2.36 bits per heavy atom. The molecule has 2 rings (SSSR count). The molecule has 1 N–H and O–H groups in total. The van der Waals surface area contributed by atoms with Crippen LogP contribution in [-0.2, 0) is 17.4 Å². The molecule has 0 spiro atoms. The first-order valence-corrected chi connectivity index (χ1v) is 6.85. The third-order valence-corrected chi connectivity index (χ3v) is 3.28. The van der Waals surface area contributed by atoms with Crippen LogP contribution < -0.4 is 5.32 Å². The monoisotopic (exact) mass is 327 g/mol. The summed E-state index contributed by atoms with van der Waals surface area (Å²) in [6.07, 6.45) is -4.59. The molecule has 0 aliphatic carbocycles. The van der Waals surface area contributed by atoms with Crippen molar-refractivity contribution in [3.63, 3.8) is 0 Å². The zero-order valence-electron chi connectivity index (χ0n) is 11.7. The van der Waals surface area contributed by atoms with Crippen LogP contribution in [0.25, 0.3) is 0 Å². The zero-order valence-corrected chi connectivity index (χ0v) is 12.4. The number of alkyl halides is 3. The Hall–Kier alpha value is -2.01. The number of rotatable bonds is 3. The van der Waals surface area contributed by atoms with Crippen molar-refractivity contribution in [1.82, 2.24) is 0 Å². The fraction of sp³-hybridized carbons (Fsp3) is 0.188. The molecule has 22 heavy (non-hydrogen) atoms. The van der Waals surface area contributed by atoms with Crippen LogP contribution in [0.4, 0.5) is 18.9 Å². The van der Waals surface area contributed by atoms with Crippen LogP contribution in [0.5, 0.6) is 0 Å². The van der Waals surface area contributed by atoms with Gasteiger partial charge in [-0.25, -0.2) is 0 Å². The summed E-state index contributed by atoms with van der Waals surface area (Å²) in [5.74, 6) is -0.517.